The molecule has 0 spiro atoms. The van der Waals surface area contributed by atoms with Crippen LogP contribution in [-0.4, -0.2) is 32.0 Å². The molecule has 1 rings (SSSR count). The summed E-state index contributed by atoms with van der Waals surface area (Å²) < 4.78 is 11.3. The van der Waals surface area contributed by atoms with Crippen molar-refractivity contribution in [2.45, 2.75) is 58.1 Å². The van der Waals surface area contributed by atoms with Crippen LogP contribution in [0, 0.1) is 5.92 Å². The van der Waals surface area contributed by atoms with Gasteiger partial charge in [-0.05, 0) is 38.0 Å². The Morgan fingerprint density at radius 3 is 2.38 bits per heavy atom. The predicted molar refractivity (Wildman–Crippen MR) is 66.5 cm³/mol. The number of nitrogens with two attached hydrogens (primary N) is 1. The van der Waals surface area contributed by atoms with Crippen LogP contribution in [0.2, 0.25) is 0 Å². The molecule has 1 saturated carbocycles. The smallest absolute Gasteiger partial charge is 0.0704 e. The monoisotopic (exact) mass is 229 g/mol. The fourth-order valence-electron chi connectivity index (χ4n) is 1.95. The third-order valence-electron chi connectivity index (χ3n) is 3.14. The number of hydrogen-bond donors (Lipinski definition) is 1. The molecule has 3 heteroatoms. The SMILES string of the molecule is CC(C)CCOCCOC1CCC(N)CC1. The average molecular weight is 229 g/mol. The van der Waals surface area contributed by atoms with Crippen LogP contribution in [0.1, 0.15) is 46.0 Å². The Hall–Kier alpha value is -0.120. The molecular weight excluding hydrogens is 202 g/mol. The van der Waals surface area contributed by atoms with Crippen molar-refractivity contribution in [1.82, 2.24) is 0 Å². The van der Waals surface area contributed by atoms with Gasteiger partial charge in [-0.3, -0.25) is 0 Å². The Labute approximate surface area is 99.7 Å². The Morgan fingerprint density at radius 2 is 1.75 bits per heavy atom. The van der Waals surface area contributed by atoms with Crippen LogP contribution in [0.25, 0.3) is 0 Å². The molecule has 96 valence electrons. The van der Waals surface area contributed by atoms with Gasteiger partial charge in [0.15, 0.2) is 0 Å². The second-order valence-electron chi connectivity index (χ2n) is 5.20. The van der Waals surface area contributed by atoms with E-state index in [4.69, 9.17) is 15.2 Å². The van der Waals surface area contributed by atoms with Crippen molar-refractivity contribution < 1.29 is 9.47 Å². The summed E-state index contributed by atoms with van der Waals surface area (Å²) in [7, 11) is 0. The molecule has 16 heavy (non-hydrogen) atoms. The van der Waals surface area contributed by atoms with Crippen molar-refractivity contribution in [3.63, 3.8) is 0 Å². The van der Waals surface area contributed by atoms with E-state index < -0.39 is 0 Å². The minimum absolute atomic E-state index is 0.405. The molecule has 0 aromatic carbocycles. The second kappa shape index (κ2) is 8.04. The quantitative estimate of drug-likeness (QED) is 0.681. The summed E-state index contributed by atoms with van der Waals surface area (Å²) in [4.78, 5) is 0. The van der Waals surface area contributed by atoms with E-state index in [1.165, 1.54) is 0 Å². The van der Waals surface area contributed by atoms with Gasteiger partial charge < -0.3 is 15.2 Å². The van der Waals surface area contributed by atoms with Gasteiger partial charge in [0, 0.05) is 12.6 Å². The zero-order chi connectivity index (χ0) is 11.8. The minimum Gasteiger partial charge on any atom is -0.379 e. The fourth-order valence-corrected chi connectivity index (χ4v) is 1.95. The minimum atomic E-state index is 0.405. The molecule has 0 bridgehead atoms. The topological polar surface area (TPSA) is 44.5 Å². The van der Waals surface area contributed by atoms with Gasteiger partial charge in [-0.15, -0.1) is 0 Å². The molecular formula is C13H27NO2. The van der Waals surface area contributed by atoms with E-state index in [1.807, 2.05) is 0 Å². The summed E-state index contributed by atoms with van der Waals surface area (Å²) in [5.41, 5.74) is 5.84. The molecule has 1 aliphatic carbocycles. The van der Waals surface area contributed by atoms with E-state index in [0.29, 0.717) is 12.1 Å². The zero-order valence-corrected chi connectivity index (χ0v) is 10.8. The van der Waals surface area contributed by atoms with Crippen LogP contribution in [0.15, 0.2) is 0 Å². The van der Waals surface area contributed by atoms with Crippen LogP contribution >= 0.6 is 0 Å². The van der Waals surface area contributed by atoms with Gasteiger partial charge in [0.1, 0.15) is 0 Å². The highest BCUT2D eigenvalue weighted by Gasteiger charge is 2.18. The second-order valence-corrected chi connectivity index (χ2v) is 5.20. The maximum absolute atomic E-state index is 5.84. The molecule has 0 aromatic heterocycles. The Bertz CT molecular complexity index is 165. The average Bonchev–Trinajstić information content (AvgIpc) is 2.25. The van der Waals surface area contributed by atoms with E-state index in [9.17, 15) is 0 Å². The van der Waals surface area contributed by atoms with E-state index in [-0.39, 0.29) is 0 Å². The highest BCUT2D eigenvalue weighted by Crippen LogP contribution is 2.19. The molecule has 0 unspecified atom stereocenters. The number of ether oxygens (including phenoxy) is 2. The third-order valence-corrected chi connectivity index (χ3v) is 3.14. The standard InChI is InChI=1S/C13H27NO2/c1-11(2)7-8-15-9-10-16-13-5-3-12(14)4-6-13/h11-13H,3-10,14H2,1-2H3. The van der Waals surface area contributed by atoms with E-state index >= 15 is 0 Å². The molecule has 1 fully saturated rings. The molecule has 0 saturated heterocycles. The first kappa shape index (κ1) is 13.9. The molecule has 1 aliphatic rings. The summed E-state index contributed by atoms with van der Waals surface area (Å²) in [6.07, 6.45) is 6.02. The van der Waals surface area contributed by atoms with Gasteiger partial charge in [-0.2, -0.15) is 0 Å². The first-order valence-electron chi connectivity index (χ1n) is 6.63. The molecule has 0 atom stereocenters. The van der Waals surface area contributed by atoms with Crippen molar-refractivity contribution in [2.75, 3.05) is 19.8 Å². The number of hydrogen-bond acceptors (Lipinski definition) is 3. The summed E-state index contributed by atoms with van der Waals surface area (Å²) >= 11 is 0. The van der Waals surface area contributed by atoms with Crippen molar-refractivity contribution >= 4 is 0 Å². The lowest BCUT2D eigenvalue weighted by atomic mass is 9.94. The summed E-state index contributed by atoms with van der Waals surface area (Å²) in [6.45, 7) is 6.75. The van der Waals surface area contributed by atoms with Gasteiger partial charge in [0.25, 0.3) is 0 Å². The van der Waals surface area contributed by atoms with E-state index in [1.54, 1.807) is 0 Å². The van der Waals surface area contributed by atoms with Crippen molar-refractivity contribution in [3.8, 4) is 0 Å². The molecule has 0 heterocycles. The number of rotatable bonds is 7. The molecule has 3 nitrogen and oxygen atoms in total. The highest BCUT2D eigenvalue weighted by atomic mass is 16.5. The van der Waals surface area contributed by atoms with Crippen LogP contribution in [-0.2, 0) is 9.47 Å². The first-order valence-corrected chi connectivity index (χ1v) is 6.63. The van der Waals surface area contributed by atoms with Gasteiger partial charge in [-0.1, -0.05) is 13.8 Å². The van der Waals surface area contributed by atoms with Crippen LogP contribution < -0.4 is 5.73 Å². The Balaban J connectivity index is 1.87. The molecule has 0 aliphatic heterocycles. The van der Waals surface area contributed by atoms with Crippen molar-refractivity contribution in [2.24, 2.45) is 11.7 Å². The Kier molecular flexibility index (Phi) is 7.01. The van der Waals surface area contributed by atoms with E-state index in [2.05, 4.69) is 13.8 Å². The lowest BCUT2D eigenvalue weighted by Gasteiger charge is -2.26. The van der Waals surface area contributed by atoms with Crippen LogP contribution in [0.3, 0.4) is 0 Å². The van der Waals surface area contributed by atoms with E-state index in [0.717, 1.165) is 57.8 Å². The largest absolute Gasteiger partial charge is 0.379 e. The third kappa shape index (κ3) is 6.46. The lowest BCUT2D eigenvalue weighted by Crippen LogP contribution is -2.30. The Morgan fingerprint density at radius 1 is 1.06 bits per heavy atom. The van der Waals surface area contributed by atoms with Crippen molar-refractivity contribution in [1.29, 1.82) is 0 Å². The normalized spacial score (nSPS) is 26.2. The maximum atomic E-state index is 5.84. The van der Waals surface area contributed by atoms with Gasteiger partial charge in [-0.25, -0.2) is 0 Å². The zero-order valence-electron chi connectivity index (χ0n) is 10.8. The van der Waals surface area contributed by atoms with Crippen molar-refractivity contribution in [3.05, 3.63) is 0 Å². The van der Waals surface area contributed by atoms with Crippen LogP contribution in [0.4, 0.5) is 0 Å². The first-order chi connectivity index (χ1) is 7.68. The van der Waals surface area contributed by atoms with Crippen LogP contribution in [0.5, 0.6) is 0 Å². The molecule has 0 amide bonds. The summed E-state index contributed by atoms with van der Waals surface area (Å²) in [5.74, 6) is 0.723. The summed E-state index contributed by atoms with van der Waals surface area (Å²) in [5, 5.41) is 0. The van der Waals surface area contributed by atoms with Gasteiger partial charge in [0.2, 0.25) is 0 Å². The molecule has 0 radical (unpaired) electrons. The van der Waals surface area contributed by atoms with Gasteiger partial charge >= 0.3 is 0 Å². The molecule has 0 aromatic rings. The fraction of sp³-hybridized carbons (Fsp3) is 1.00. The highest BCUT2D eigenvalue weighted by molar-refractivity contribution is 4.74. The maximum Gasteiger partial charge on any atom is 0.0704 e. The molecule has 2 N–H and O–H groups in total. The predicted octanol–water partition coefficient (Wildman–Crippen LogP) is 2.34. The van der Waals surface area contributed by atoms with Gasteiger partial charge in [0.05, 0.1) is 19.3 Å². The lowest BCUT2D eigenvalue weighted by molar-refractivity contribution is -0.0133. The summed E-state index contributed by atoms with van der Waals surface area (Å²) in [6, 6.07) is 0.405.